The molecule has 170 valence electrons. The van der Waals surface area contributed by atoms with Crippen LogP contribution in [-0.4, -0.2) is 8.80 Å². The largest absolute Gasteiger partial charge is 4.00 e. The fourth-order valence-electron chi connectivity index (χ4n) is 4.37. The molecule has 6 heteroatoms. The van der Waals surface area contributed by atoms with E-state index in [1.807, 2.05) is 12.1 Å². The van der Waals surface area contributed by atoms with Crippen LogP contribution in [0.1, 0.15) is 22.3 Å². The summed E-state index contributed by atoms with van der Waals surface area (Å²) < 4.78 is 13.5. The smallest absolute Gasteiger partial charge is 1.00 e. The molecule has 0 aliphatic carbocycles. The Balaban J connectivity index is 0.00000256. The zero-order valence-electron chi connectivity index (χ0n) is 18.9. The van der Waals surface area contributed by atoms with E-state index in [4.69, 9.17) is 0 Å². The molecule has 0 bridgehead atoms. The van der Waals surface area contributed by atoms with Crippen molar-refractivity contribution in [3.63, 3.8) is 0 Å². The van der Waals surface area contributed by atoms with E-state index < -0.39 is 8.80 Å². The van der Waals surface area contributed by atoms with E-state index in [-0.39, 0.29) is 64.8 Å². The van der Waals surface area contributed by atoms with Crippen LogP contribution in [0.3, 0.4) is 0 Å². The van der Waals surface area contributed by atoms with Crippen LogP contribution in [0.5, 0.6) is 0 Å². The summed E-state index contributed by atoms with van der Waals surface area (Å²) in [6.07, 6.45) is 0. The molecule has 4 aromatic carbocycles. The molecule has 0 radical (unpaired) electrons. The Morgan fingerprint density at radius 2 is 1.12 bits per heavy atom. The fraction of sp³-hybridized carbons (Fsp3) is 0.148. The minimum absolute atomic E-state index is 0. The standard InChI is InChI=1S/C27H26FSi.3ClH.Ti/c1-19-20(2)26(27(21(19)3)22-14-16-23(28)17-15-22)18-29(24-10-6-4-7-11-24)25-12-8-5-9-13-25;;;;/h4-17,29H,18H2,1-3H3;3*1H;/q-1;;;;+4/p-3. The van der Waals surface area contributed by atoms with E-state index in [9.17, 15) is 4.39 Å². The van der Waals surface area contributed by atoms with Gasteiger partial charge in [-0.05, 0) is 12.1 Å². The molecule has 0 atom stereocenters. The predicted molar refractivity (Wildman–Crippen MR) is 125 cm³/mol. The van der Waals surface area contributed by atoms with E-state index in [1.54, 1.807) is 12.1 Å². The van der Waals surface area contributed by atoms with Gasteiger partial charge in [-0.15, -0.1) is 16.7 Å². The second-order valence-electron chi connectivity index (χ2n) is 7.81. The molecule has 0 unspecified atom stereocenters. The summed E-state index contributed by atoms with van der Waals surface area (Å²) in [4.78, 5) is 0. The molecule has 0 saturated heterocycles. The molecule has 0 amide bonds. The zero-order chi connectivity index (χ0) is 20.4. The normalized spacial score (nSPS) is 9.85. The summed E-state index contributed by atoms with van der Waals surface area (Å²) in [5.41, 5.74) is 7.89. The fourth-order valence-corrected chi connectivity index (χ4v) is 7.52. The first-order valence-corrected chi connectivity index (χ1v) is 12.1. The van der Waals surface area contributed by atoms with Crippen LogP contribution in [0, 0.1) is 26.6 Å². The van der Waals surface area contributed by atoms with E-state index >= 15 is 0 Å². The summed E-state index contributed by atoms with van der Waals surface area (Å²) >= 11 is 0. The van der Waals surface area contributed by atoms with Crippen molar-refractivity contribution < 1.29 is 63.3 Å². The van der Waals surface area contributed by atoms with Crippen LogP contribution in [0.15, 0.2) is 84.9 Å². The summed E-state index contributed by atoms with van der Waals surface area (Å²) in [6, 6.07) is 29.9. The van der Waals surface area contributed by atoms with Gasteiger partial charge in [-0.1, -0.05) is 116 Å². The summed E-state index contributed by atoms with van der Waals surface area (Å²) in [5.74, 6) is -0.186. The van der Waals surface area contributed by atoms with Crippen LogP contribution >= 0.6 is 0 Å². The van der Waals surface area contributed by atoms with Gasteiger partial charge in [0, 0.05) is 0 Å². The van der Waals surface area contributed by atoms with Crippen molar-refractivity contribution in [2.75, 3.05) is 0 Å². The van der Waals surface area contributed by atoms with Crippen LogP contribution in [0.2, 0.25) is 0 Å². The van der Waals surface area contributed by atoms with Gasteiger partial charge in [0.2, 0.25) is 0 Å². The van der Waals surface area contributed by atoms with E-state index in [0.29, 0.717) is 0 Å². The van der Waals surface area contributed by atoms with Crippen molar-refractivity contribution in [3.05, 3.63) is 113 Å². The molecule has 0 aliphatic rings. The van der Waals surface area contributed by atoms with Crippen LogP contribution in [0.25, 0.3) is 11.1 Å². The van der Waals surface area contributed by atoms with Crippen LogP contribution < -0.4 is 47.6 Å². The van der Waals surface area contributed by atoms with Gasteiger partial charge in [0.05, 0.1) is 8.80 Å². The van der Waals surface area contributed by atoms with Gasteiger partial charge in [0.15, 0.2) is 0 Å². The molecule has 0 N–H and O–H groups in total. The molecule has 0 nitrogen and oxygen atoms in total. The molecule has 0 fully saturated rings. The Kier molecular flexibility index (Phi) is 13.7. The van der Waals surface area contributed by atoms with Gasteiger partial charge in [0.1, 0.15) is 5.82 Å². The van der Waals surface area contributed by atoms with Gasteiger partial charge in [-0.2, -0.15) is 11.1 Å². The maximum absolute atomic E-state index is 13.5. The SMILES string of the molecule is Cc1c(C)c(-c2ccc(F)cc2)[c-](C[SiH](c2ccccc2)c2ccccc2)c1C.[Cl-].[Cl-].[Cl-].[Ti+4]. The molecule has 0 spiro atoms. The Bertz CT molecular complexity index is 1070. The van der Waals surface area contributed by atoms with Crippen LogP contribution in [-0.2, 0) is 27.8 Å². The Hall–Kier alpha value is -1.26. The topological polar surface area (TPSA) is 0 Å². The Morgan fingerprint density at radius 1 is 0.667 bits per heavy atom. The first-order chi connectivity index (χ1) is 14.1. The maximum atomic E-state index is 13.5. The summed E-state index contributed by atoms with van der Waals surface area (Å²) in [7, 11) is -1.45. The Morgan fingerprint density at radius 3 is 1.58 bits per heavy atom. The molecule has 0 aromatic heterocycles. The molecule has 0 heterocycles. The van der Waals surface area contributed by atoms with Crippen molar-refractivity contribution in [1.29, 1.82) is 0 Å². The molecule has 4 aromatic rings. The van der Waals surface area contributed by atoms with Gasteiger partial charge >= 0.3 is 21.7 Å². The molecule has 33 heavy (non-hydrogen) atoms. The number of hydrogen-bond acceptors (Lipinski definition) is 0. The van der Waals surface area contributed by atoms with Crippen molar-refractivity contribution >= 4 is 19.2 Å². The summed E-state index contributed by atoms with van der Waals surface area (Å²) in [6.45, 7) is 6.65. The average Bonchev–Trinajstić information content (AvgIpc) is 2.97. The predicted octanol–water partition coefficient (Wildman–Crippen LogP) is -3.73. The molecule has 0 aliphatic heterocycles. The minimum atomic E-state index is -1.45. The van der Waals surface area contributed by atoms with Gasteiger partial charge < -0.3 is 37.2 Å². The van der Waals surface area contributed by atoms with E-state index in [1.165, 1.54) is 38.2 Å². The van der Waals surface area contributed by atoms with Gasteiger partial charge in [-0.25, -0.2) is 4.39 Å². The average molecular weight is 552 g/mol. The van der Waals surface area contributed by atoms with E-state index in [2.05, 4.69) is 81.4 Å². The maximum Gasteiger partial charge on any atom is 4.00 e. The van der Waals surface area contributed by atoms with Gasteiger partial charge in [0.25, 0.3) is 0 Å². The number of halogens is 4. The first-order valence-electron chi connectivity index (χ1n) is 10.2. The van der Waals surface area contributed by atoms with Crippen molar-refractivity contribution in [1.82, 2.24) is 0 Å². The Labute approximate surface area is 232 Å². The van der Waals surface area contributed by atoms with Crippen molar-refractivity contribution in [2.24, 2.45) is 0 Å². The second-order valence-corrected chi connectivity index (χ2v) is 10.7. The molecular formula is C27H26Cl3FSiTi. The number of hydrogen-bond donors (Lipinski definition) is 0. The molecule has 0 saturated carbocycles. The quantitative estimate of drug-likeness (QED) is 0.177. The number of rotatable bonds is 5. The summed E-state index contributed by atoms with van der Waals surface area (Å²) in [5, 5.41) is 2.92. The van der Waals surface area contributed by atoms with Crippen molar-refractivity contribution in [2.45, 2.75) is 26.8 Å². The third-order valence-electron chi connectivity index (χ3n) is 6.20. The monoisotopic (exact) mass is 550 g/mol. The molecular weight excluding hydrogens is 526 g/mol. The van der Waals surface area contributed by atoms with Crippen LogP contribution in [0.4, 0.5) is 4.39 Å². The minimum Gasteiger partial charge on any atom is -1.00 e. The third-order valence-corrected chi connectivity index (χ3v) is 9.40. The third kappa shape index (κ3) is 6.88. The molecule has 4 rings (SSSR count). The van der Waals surface area contributed by atoms with Gasteiger partial charge in [-0.3, -0.25) is 0 Å². The second kappa shape index (κ2) is 14.2. The van der Waals surface area contributed by atoms with E-state index in [0.717, 1.165) is 11.6 Å². The van der Waals surface area contributed by atoms with Crippen molar-refractivity contribution in [3.8, 4) is 11.1 Å². The zero-order valence-corrected chi connectivity index (χ0v) is 23.9. The number of benzene rings is 3. The first kappa shape index (κ1) is 31.7.